The molecule has 0 aliphatic carbocycles. The largest absolute Gasteiger partial charge is 0.338 e. The normalized spacial score (nSPS) is 13.9. The van der Waals surface area contributed by atoms with E-state index in [0.717, 1.165) is 11.1 Å². The Kier molecular flexibility index (Phi) is 4.51. The minimum Gasteiger partial charge on any atom is -0.338 e. The number of hydrogen-bond acceptors (Lipinski definition) is 4. The zero-order valence-corrected chi connectivity index (χ0v) is 13.9. The molecule has 0 saturated carbocycles. The molecule has 2 aromatic rings. The number of amides is 2. The van der Waals surface area contributed by atoms with Crippen LogP contribution in [0.25, 0.3) is 0 Å². The number of rotatable bonds is 5. The van der Waals surface area contributed by atoms with E-state index in [4.69, 9.17) is 0 Å². The van der Waals surface area contributed by atoms with Gasteiger partial charge in [-0.2, -0.15) is 10.2 Å². The van der Waals surface area contributed by atoms with Crippen LogP contribution >= 0.6 is 0 Å². The number of nitrogens with one attached hydrogen (secondary N) is 1. The summed E-state index contributed by atoms with van der Waals surface area (Å²) in [4.78, 5) is 26.6. The summed E-state index contributed by atoms with van der Waals surface area (Å²) in [6.45, 7) is 2.39. The smallest absolute Gasteiger partial charge is 0.275 e. The number of likely N-dealkylation sites (tertiary alicyclic amines) is 1. The molecule has 0 radical (unpaired) electrons. The maximum Gasteiger partial charge on any atom is 0.275 e. The Balaban J connectivity index is 1.80. The van der Waals surface area contributed by atoms with Gasteiger partial charge in [-0.3, -0.25) is 19.0 Å². The van der Waals surface area contributed by atoms with Gasteiger partial charge in [-0.15, -0.1) is 0 Å². The first kappa shape index (κ1) is 17.1. The topological polar surface area (TPSA) is 85.1 Å². The highest BCUT2D eigenvalue weighted by Gasteiger charge is 2.29. The number of anilines is 1. The molecule has 1 fully saturated rings. The molecule has 0 unspecified atom stereocenters. The highest BCUT2D eigenvalue weighted by Crippen LogP contribution is 2.18. The van der Waals surface area contributed by atoms with Gasteiger partial charge in [0.05, 0.1) is 11.8 Å². The van der Waals surface area contributed by atoms with Crippen molar-refractivity contribution in [3.63, 3.8) is 0 Å². The molecular formula is C15H18F2N6O2. The highest BCUT2D eigenvalue weighted by atomic mass is 19.3. The maximum atomic E-state index is 12.6. The number of aryl methyl sites for hydroxylation is 2. The third kappa shape index (κ3) is 3.37. The van der Waals surface area contributed by atoms with Gasteiger partial charge >= 0.3 is 0 Å². The minimum absolute atomic E-state index is 0.109. The quantitative estimate of drug-likeness (QED) is 0.879. The molecule has 2 amide bonds. The average Bonchev–Trinajstić information content (AvgIpc) is 3.00. The van der Waals surface area contributed by atoms with Crippen LogP contribution in [-0.2, 0) is 13.6 Å². The molecule has 25 heavy (non-hydrogen) atoms. The molecule has 8 nitrogen and oxygen atoms in total. The molecule has 3 heterocycles. The van der Waals surface area contributed by atoms with Crippen LogP contribution in [0.15, 0.2) is 12.3 Å². The number of alkyl halides is 2. The summed E-state index contributed by atoms with van der Waals surface area (Å²) in [5.74, 6) is -0.666. The SMILES string of the molecule is Cc1cc(NC(=O)c2c(C(=O)N3CCC3)cnn2C)nn1CC(F)F. The van der Waals surface area contributed by atoms with Gasteiger partial charge in [-0.25, -0.2) is 8.78 Å². The molecule has 1 aliphatic heterocycles. The van der Waals surface area contributed by atoms with Crippen molar-refractivity contribution in [1.82, 2.24) is 24.5 Å². The number of hydrogen-bond donors (Lipinski definition) is 1. The van der Waals surface area contributed by atoms with E-state index >= 15 is 0 Å². The van der Waals surface area contributed by atoms with Gasteiger partial charge in [-0.05, 0) is 13.3 Å². The summed E-state index contributed by atoms with van der Waals surface area (Å²) in [6.07, 6.45) is -0.245. The van der Waals surface area contributed by atoms with Gasteiger partial charge in [0.25, 0.3) is 18.2 Å². The van der Waals surface area contributed by atoms with Gasteiger partial charge < -0.3 is 10.2 Å². The van der Waals surface area contributed by atoms with Crippen LogP contribution in [0.2, 0.25) is 0 Å². The number of nitrogens with zero attached hydrogens (tertiary/aromatic N) is 5. The van der Waals surface area contributed by atoms with E-state index in [1.807, 2.05) is 0 Å². The molecule has 1 aliphatic rings. The van der Waals surface area contributed by atoms with Gasteiger partial charge in [0.2, 0.25) is 0 Å². The predicted octanol–water partition coefficient (Wildman–Crippen LogP) is 1.29. The van der Waals surface area contributed by atoms with Crippen molar-refractivity contribution in [2.45, 2.75) is 26.3 Å². The maximum absolute atomic E-state index is 12.6. The molecule has 0 spiro atoms. The van der Waals surface area contributed by atoms with Crippen LogP contribution in [0.1, 0.15) is 33.0 Å². The van der Waals surface area contributed by atoms with Crippen LogP contribution in [0, 0.1) is 6.92 Å². The van der Waals surface area contributed by atoms with E-state index in [2.05, 4.69) is 15.5 Å². The first-order valence-corrected chi connectivity index (χ1v) is 7.82. The van der Waals surface area contributed by atoms with Gasteiger partial charge in [0.15, 0.2) is 5.82 Å². The van der Waals surface area contributed by atoms with Crippen LogP contribution < -0.4 is 5.32 Å². The van der Waals surface area contributed by atoms with E-state index in [1.54, 1.807) is 18.9 Å². The summed E-state index contributed by atoms with van der Waals surface area (Å²) in [5.41, 5.74) is 0.818. The number of aromatic nitrogens is 4. The molecule has 0 bridgehead atoms. The lowest BCUT2D eigenvalue weighted by atomic mass is 10.1. The van der Waals surface area contributed by atoms with Crippen molar-refractivity contribution in [3.05, 3.63) is 29.2 Å². The summed E-state index contributed by atoms with van der Waals surface area (Å²) >= 11 is 0. The minimum atomic E-state index is -2.54. The number of halogens is 2. The molecule has 1 N–H and O–H groups in total. The van der Waals surface area contributed by atoms with Crippen molar-refractivity contribution in [2.75, 3.05) is 18.4 Å². The molecule has 2 aromatic heterocycles. The number of carbonyl (C=O) groups excluding carboxylic acids is 2. The Hall–Kier alpha value is -2.78. The Morgan fingerprint density at radius 3 is 2.68 bits per heavy atom. The van der Waals surface area contributed by atoms with Crippen molar-refractivity contribution in [3.8, 4) is 0 Å². The van der Waals surface area contributed by atoms with Crippen molar-refractivity contribution >= 4 is 17.6 Å². The molecule has 1 saturated heterocycles. The van der Waals surface area contributed by atoms with Gasteiger partial charge in [-0.1, -0.05) is 0 Å². The third-order valence-corrected chi connectivity index (χ3v) is 4.06. The average molecular weight is 352 g/mol. The molecular weight excluding hydrogens is 334 g/mol. The molecule has 0 atom stereocenters. The fourth-order valence-electron chi connectivity index (χ4n) is 2.62. The second kappa shape index (κ2) is 6.61. The third-order valence-electron chi connectivity index (χ3n) is 4.06. The van der Waals surface area contributed by atoms with Gasteiger partial charge in [0.1, 0.15) is 12.2 Å². The van der Waals surface area contributed by atoms with E-state index < -0.39 is 18.9 Å². The second-order valence-electron chi connectivity index (χ2n) is 5.87. The Labute approximate surface area is 142 Å². The lowest BCUT2D eigenvalue weighted by Gasteiger charge is -2.30. The molecule has 10 heteroatoms. The first-order valence-electron chi connectivity index (χ1n) is 7.82. The van der Waals surface area contributed by atoms with Crippen LogP contribution in [0.5, 0.6) is 0 Å². The molecule has 3 rings (SSSR count). The van der Waals surface area contributed by atoms with Crippen LogP contribution in [0.3, 0.4) is 0 Å². The fourth-order valence-corrected chi connectivity index (χ4v) is 2.62. The van der Waals surface area contributed by atoms with Crippen LogP contribution in [-0.4, -0.2) is 55.8 Å². The van der Waals surface area contributed by atoms with Crippen LogP contribution in [0.4, 0.5) is 14.6 Å². The standard InChI is InChI=1S/C15H18F2N6O2/c1-9-6-12(20-23(9)8-11(16)17)19-14(24)13-10(7-18-21(13)2)15(25)22-4-3-5-22/h6-7,11H,3-5,8H2,1-2H3,(H,19,20,24). The summed E-state index contributed by atoms with van der Waals surface area (Å²) < 4.78 is 27.4. The summed E-state index contributed by atoms with van der Waals surface area (Å²) in [6, 6.07) is 1.49. The first-order chi connectivity index (χ1) is 11.9. The predicted molar refractivity (Wildman–Crippen MR) is 84.6 cm³/mol. The summed E-state index contributed by atoms with van der Waals surface area (Å²) in [7, 11) is 1.56. The Morgan fingerprint density at radius 1 is 1.36 bits per heavy atom. The van der Waals surface area contributed by atoms with E-state index in [9.17, 15) is 18.4 Å². The van der Waals surface area contributed by atoms with E-state index in [0.29, 0.717) is 18.8 Å². The van der Waals surface area contributed by atoms with E-state index in [1.165, 1.54) is 16.9 Å². The highest BCUT2D eigenvalue weighted by molar-refractivity contribution is 6.10. The van der Waals surface area contributed by atoms with Crippen molar-refractivity contribution < 1.29 is 18.4 Å². The van der Waals surface area contributed by atoms with Crippen molar-refractivity contribution in [2.24, 2.45) is 7.05 Å². The Bertz CT molecular complexity index is 809. The lowest BCUT2D eigenvalue weighted by molar-refractivity contribution is 0.0648. The summed E-state index contributed by atoms with van der Waals surface area (Å²) in [5, 5.41) is 10.5. The van der Waals surface area contributed by atoms with Crippen molar-refractivity contribution in [1.29, 1.82) is 0 Å². The lowest BCUT2D eigenvalue weighted by Crippen LogP contribution is -2.42. The zero-order chi connectivity index (χ0) is 18.1. The second-order valence-corrected chi connectivity index (χ2v) is 5.87. The fraction of sp³-hybridized carbons (Fsp3) is 0.467. The monoisotopic (exact) mass is 352 g/mol. The van der Waals surface area contributed by atoms with Gasteiger partial charge in [0, 0.05) is 31.9 Å². The molecule has 0 aromatic carbocycles. The Morgan fingerprint density at radius 2 is 2.08 bits per heavy atom. The van der Waals surface area contributed by atoms with E-state index in [-0.39, 0.29) is 23.0 Å². The molecule has 134 valence electrons. The number of carbonyl (C=O) groups is 2. The zero-order valence-electron chi connectivity index (χ0n) is 13.9.